The molecule has 27 heavy (non-hydrogen) atoms. The molecule has 0 unspecified atom stereocenters. The van der Waals surface area contributed by atoms with Gasteiger partial charge in [0.1, 0.15) is 0 Å². The van der Waals surface area contributed by atoms with Crippen LogP contribution in [0.3, 0.4) is 0 Å². The molecule has 140 valence electrons. The maximum absolute atomic E-state index is 13.6. The van der Waals surface area contributed by atoms with E-state index in [4.69, 9.17) is 0 Å². The van der Waals surface area contributed by atoms with Crippen LogP contribution in [0, 0.1) is 20.8 Å². The molecule has 0 atom stereocenters. The van der Waals surface area contributed by atoms with Crippen LogP contribution in [-0.2, 0) is 23.1 Å². The lowest BCUT2D eigenvalue weighted by atomic mass is 10.1. The number of hydrogen-bond donors (Lipinski definition) is 0. The van der Waals surface area contributed by atoms with Gasteiger partial charge in [-0.2, -0.15) is 4.31 Å². The summed E-state index contributed by atoms with van der Waals surface area (Å²) in [5.41, 5.74) is 3.93. The Hall–Kier alpha value is -2.57. The predicted octanol–water partition coefficient (Wildman–Crippen LogP) is 3.79. The van der Waals surface area contributed by atoms with Gasteiger partial charge in [-0.05, 0) is 56.2 Å². The van der Waals surface area contributed by atoms with Crippen molar-refractivity contribution >= 4 is 10.0 Å². The highest BCUT2D eigenvalue weighted by molar-refractivity contribution is 7.89. The van der Waals surface area contributed by atoms with Crippen LogP contribution in [0.25, 0.3) is 0 Å². The summed E-state index contributed by atoms with van der Waals surface area (Å²) in [5, 5.41) is 0. The fourth-order valence-electron chi connectivity index (χ4n) is 3.27. The van der Waals surface area contributed by atoms with E-state index in [0.717, 1.165) is 16.7 Å². The third-order valence-corrected chi connectivity index (χ3v) is 6.43. The van der Waals surface area contributed by atoms with E-state index < -0.39 is 10.0 Å². The van der Waals surface area contributed by atoms with Gasteiger partial charge in [-0.25, -0.2) is 8.42 Å². The topological polar surface area (TPSA) is 63.2 Å². The van der Waals surface area contributed by atoms with Crippen molar-refractivity contribution < 1.29 is 8.42 Å². The van der Waals surface area contributed by atoms with Gasteiger partial charge in [0.2, 0.25) is 10.0 Å². The van der Waals surface area contributed by atoms with Gasteiger partial charge in [0.05, 0.1) is 29.4 Å². The number of benzene rings is 1. The molecular weight excluding hydrogens is 358 g/mol. The van der Waals surface area contributed by atoms with Crippen LogP contribution >= 0.6 is 0 Å². The van der Waals surface area contributed by atoms with Crippen molar-refractivity contribution in [3.05, 3.63) is 89.0 Å². The molecule has 0 spiro atoms. The summed E-state index contributed by atoms with van der Waals surface area (Å²) in [5.74, 6) is 0. The second-order valence-electron chi connectivity index (χ2n) is 6.64. The molecule has 0 N–H and O–H groups in total. The standard InChI is InChI=1S/C21H23N3O2S/c1-16-12-17(2)21(18(3)13-16)27(25,26)24(14-19-8-4-6-10-22-19)15-20-9-5-7-11-23-20/h4-13H,14-15H2,1-3H3. The van der Waals surface area contributed by atoms with E-state index in [9.17, 15) is 8.42 Å². The lowest BCUT2D eigenvalue weighted by molar-refractivity contribution is 0.392. The molecule has 0 amide bonds. The van der Waals surface area contributed by atoms with Gasteiger partial charge in [0.15, 0.2) is 0 Å². The molecule has 2 aromatic heterocycles. The number of sulfonamides is 1. The van der Waals surface area contributed by atoms with E-state index >= 15 is 0 Å². The summed E-state index contributed by atoms with van der Waals surface area (Å²) in [6, 6.07) is 14.8. The Morgan fingerprint density at radius 1 is 0.815 bits per heavy atom. The van der Waals surface area contributed by atoms with Crippen molar-refractivity contribution in [1.82, 2.24) is 14.3 Å². The number of hydrogen-bond acceptors (Lipinski definition) is 4. The predicted molar refractivity (Wildman–Crippen MR) is 106 cm³/mol. The van der Waals surface area contributed by atoms with Gasteiger partial charge in [0.25, 0.3) is 0 Å². The van der Waals surface area contributed by atoms with Crippen LogP contribution in [0.4, 0.5) is 0 Å². The largest absolute Gasteiger partial charge is 0.260 e. The van der Waals surface area contributed by atoms with E-state index in [-0.39, 0.29) is 13.1 Å². The summed E-state index contributed by atoms with van der Waals surface area (Å²) < 4.78 is 28.6. The van der Waals surface area contributed by atoms with Crippen molar-refractivity contribution in [1.29, 1.82) is 0 Å². The molecule has 3 aromatic rings. The minimum Gasteiger partial charge on any atom is -0.260 e. The van der Waals surface area contributed by atoms with Crippen molar-refractivity contribution in [2.75, 3.05) is 0 Å². The minimum absolute atomic E-state index is 0.187. The van der Waals surface area contributed by atoms with Gasteiger partial charge in [-0.1, -0.05) is 29.8 Å². The second kappa shape index (κ2) is 7.98. The number of nitrogens with zero attached hydrogens (tertiary/aromatic N) is 3. The lowest BCUT2D eigenvalue weighted by Crippen LogP contribution is -2.32. The van der Waals surface area contributed by atoms with Gasteiger partial charge < -0.3 is 0 Å². The number of aromatic nitrogens is 2. The normalized spacial score (nSPS) is 11.7. The first-order valence-corrected chi connectivity index (χ1v) is 10.2. The van der Waals surface area contributed by atoms with E-state index in [1.54, 1.807) is 12.4 Å². The summed E-state index contributed by atoms with van der Waals surface area (Å²) in [6.45, 7) is 6.02. The third-order valence-electron chi connectivity index (χ3n) is 4.33. The molecule has 0 saturated carbocycles. The highest BCUT2D eigenvalue weighted by atomic mass is 32.2. The molecule has 0 bridgehead atoms. The van der Waals surface area contributed by atoms with Crippen LogP contribution in [0.2, 0.25) is 0 Å². The van der Waals surface area contributed by atoms with E-state index in [0.29, 0.717) is 16.3 Å². The number of aryl methyl sites for hydroxylation is 3. The Bertz CT molecular complexity index is 955. The summed E-state index contributed by atoms with van der Waals surface area (Å²) >= 11 is 0. The molecule has 2 heterocycles. The first-order chi connectivity index (χ1) is 12.9. The zero-order valence-corrected chi connectivity index (χ0v) is 16.6. The van der Waals surface area contributed by atoms with Crippen molar-refractivity contribution in [2.24, 2.45) is 0 Å². The molecule has 0 aliphatic rings. The maximum Gasteiger partial charge on any atom is 0.244 e. The van der Waals surface area contributed by atoms with Crippen molar-refractivity contribution in [2.45, 2.75) is 38.8 Å². The quantitative estimate of drug-likeness (QED) is 0.652. The fourth-order valence-corrected chi connectivity index (χ4v) is 5.07. The molecular formula is C21H23N3O2S. The molecule has 0 radical (unpaired) electrons. The molecule has 0 aliphatic heterocycles. The highest BCUT2D eigenvalue weighted by Gasteiger charge is 2.29. The van der Waals surface area contributed by atoms with Crippen LogP contribution in [-0.4, -0.2) is 22.7 Å². The number of pyridine rings is 2. The van der Waals surface area contributed by atoms with Crippen LogP contribution in [0.1, 0.15) is 28.1 Å². The highest BCUT2D eigenvalue weighted by Crippen LogP contribution is 2.27. The van der Waals surface area contributed by atoms with Gasteiger partial charge in [-0.15, -0.1) is 0 Å². The Labute approximate surface area is 160 Å². The SMILES string of the molecule is Cc1cc(C)c(S(=O)(=O)N(Cc2ccccn2)Cc2ccccn2)c(C)c1. The summed E-state index contributed by atoms with van der Waals surface area (Å²) in [6.07, 6.45) is 3.34. The molecule has 5 nitrogen and oxygen atoms in total. The van der Waals surface area contributed by atoms with E-state index in [1.807, 2.05) is 69.3 Å². The summed E-state index contributed by atoms with van der Waals surface area (Å²) in [4.78, 5) is 8.96. The zero-order valence-electron chi connectivity index (χ0n) is 15.8. The van der Waals surface area contributed by atoms with Gasteiger partial charge in [0, 0.05) is 12.4 Å². The zero-order chi connectivity index (χ0) is 19.4. The third kappa shape index (κ3) is 4.40. The molecule has 0 fully saturated rings. The van der Waals surface area contributed by atoms with Gasteiger partial charge in [-0.3, -0.25) is 9.97 Å². The molecule has 0 aliphatic carbocycles. The minimum atomic E-state index is -3.72. The Kier molecular flexibility index (Phi) is 5.68. The average molecular weight is 382 g/mol. The number of rotatable bonds is 6. The second-order valence-corrected chi connectivity index (χ2v) is 8.52. The first-order valence-electron chi connectivity index (χ1n) is 8.76. The first kappa shape index (κ1) is 19.2. The van der Waals surface area contributed by atoms with Crippen LogP contribution in [0.15, 0.2) is 65.8 Å². The molecule has 3 rings (SSSR count). The Balaban J connectivity index is 2.05. The Morgan fingerprint density at radius 3 is 1.70 bits per heavy atom. The fraction of sp³-hybridized carbons (Fsp3) is 0.238. The maximum atomic E-state index is 13.6. The molecule has 0 saturated heterocycles. The van der Waals surface area contributed by atoms with E-state index in [2.05, 4.69) is 9.97 Å². The average Bonchev–Trinajstić information content (AvgIpc) is 2.62. The molecule has 1 aromatic carbocycles. The Morgan fingerprint density at radius 2 is 1.30 bits per heavy atom. The summed E-state index contributed by atoms with van der Waals surface area (Å²) in [7, 11) is -3.72. The molecule has 6 heteroatoms. The van der Waals surface area contributed by atoms with Crippen LogP contribution < -0.4 is 0 Å². The van der Waals surface area contributed by atoms with Gasteiger partial charge >= 0.3 is 0 Å². The van der Waals surface area contributed by atoms with Crippen molar-refractivity contribution in [3.8, 4) is 0 Å². The van der Waals surface area contributed by atoms with Crippen LogP contribution in [0.5, 0.6) is 0 Å². The van der Waals surface area contributed by atoms with E-state index in [1.165, 1.54) is 4.31 Å². The smallest absolute Gasteiger partial charge is 0.244 e. The lowest BCUT2D eigenvalue weighted by Gasteiger charge is -2.24. The van der Waals surface area contributed by atoms with Crippen molar-refractivity contribution in [3.63, 3.8) is 0 Å². The monoisotopic (exact) mass is 381 g/mol.